The predicted molar refractivity (Wildman–Crippen MR) is 114 cm³/mol. The summed E-state index contributed by atoms with van der Waals surface area (Å²) >= 11 is 0. The number of hydrogen-bond donors (Lipinski definition) is 0. The summed E-state index contributed by atoms with van der Waals surface area (Å²) in [6.45, 7) is 11.3. The topological polar surface area (TPSA) is 68.3 Å². The zero-order valence-corrected chi connectivity index (χ0v) is 19.0. The smallest absolute Gasteiger partial charge is 0.434 e. The molecule has 0 aromatic heterocycles. The average molecular weight is 417 g/mol. The van der Waals surface area contributed by atoms with Crippen LogP contribution in [0, 0.1) is 27.7 Å². The van der Waals surface area contributed by atoms with E-state index in [1.165, 1.54) is 5.56 Å². The Morgan fingerprint density at radius 1 is 1.10 bits per heavy atom. The Labute approximate surface area is 178 Å². The highest BCUT2D eigenvalue weighted by Gasteiger charge is 2.54. The molecule has 0 aliphatic carbocycles. The van der Waals surface area contributed by atoms with Crippen LogP contribution in [-0.2, 0) is 19.1 Å². The third kappa shape index (κ3) is 3.50. The molecule has 0 N–H and O–H groups in total. The quantitative estimate of drug-likeness (QED) is 0.698. The van der Waals surface area contributed by atoms with Gasteiger partial charge in [-0.3, -0.25) is 4.79 Å². The van der Waals surface area contributed by atoms with E-state index in [9.17, 15) is 9.59 Å². The number of carbonyl (C=O) groups excluding carboxylic acids is 2. The number of amides is 1. The van der Waals surface area contributed by atoms with Crippen LogP contribution >= 0.6 is 0 Å². The lowest BCUT2D eigenvalue weighted by Gasteiger charge is -2.43. The van der Waals surface area contributed by atoms with E-state index in [4.69, 9.17) is 14.3 Å². The van der Waals surface area contributed by atoms with Gasteiger partial charge in [-0.1, -0.05) is 6.07 Å². The lowest BCUT2D eigenvalue weighted by atomic mass is 9.83. The van der Waals surface area contributed by atoms with Crippen molar-refractivity contribution in [3.8, 4) is 0 Å². The number of hydroxylamine groups is 2. The molecule has 1 spiro atoms. The monoisotopic (exact) mass is 416 g/mol. The first kappa shape index (κ1) is 22.3. The second-order valence-electron chi connectivity index (χ2n) is 8.13. The maximum absolute atomic E-state index is 13.6. The van der Waals surface area contributed by atoms with Crippen LogP contribution in [0.3, 0.4) is 0 Å². The first-order valence-electron chi connectivity index (χ1n) is 10.4. The standard InChI is InChI=1S/C23H32N2O5/c1-8-29-22(27)30-20-19(18-15(3)13-14(2)16(4)17(18)5)21(26)24(6)23(20)9-11-25(28-7)12-10-23/h13H,8-12H2,1-7H3. The zero-order chi connectivity index (χ0) is 22.2. The summed E-state index contributed by atoms with van der Waals surface area (Å²) < 4.78 is 10.9. The summed E-state index contributed by atoms with van der Waals surface area (Å²) in [5, 5.41) is 1.86. The van der Waals surface area contributed by atoms with Gasteiger partial charge in [-0.2, -0.15) is 5.06 Å². The lowest BCUT2D eigenvalue weighted by Crippen LogP contribution is -2.53. The molecule has 1 aromatic rings. The first-order valence-corrected chi connectivity index (χ1v) is 10.4. The van der Waals surface area contributed by atoms with Gasteiger partial charge >= 0.3 is 6.16 Å². The van der Waals surface area contributed by atoms with E-state index in [0.29, 0.717) is 37.3 Å². The molecule has 2 aliphatic rings. The van der Waals surface area contributed by atoms with E-state index in [2.05, 4.69) is 19.9 Å². The molecular formula is C23H32N2O5. The van der Waals surface area contributed by atoms with Crippen molar-refractivity contribution in [3.63, 3.8) is 0 Å². The molecule has 30 heavy (non-hydrogen) atoms. The summed E-state index contributed by atoms with van der Waals surface area (Å²) in [5.74, 6) is 0.272. The number of hydrogen-bond acceptors (Lipinski definition) is 6. The molecule has 1 saturated heterocycles. The van der Waals surface area contributed by atoms with Crippen LogP contribution in [0.2, 0.25) is 0 Å². The van der Waals surface area contributed by atoms with Gasteiger partial charge in [0, 0.05) is 20.1 Å². The first-order chi connectivity index (χ1) is 14.2. The Kier molecular flexibility index (Phi) is 6.24. The number of likely N-dealkylation sites (N-methyl/N-ethyl adjacent to an activating group) is 1. The van der Waals surface area contributed by atoms with Crippen LogP contribution in [0.25, 0.3) is 5.57 Å². The van der Waals surface area contributed by atoms with Gasteiger partial charge in [-0.05, 0) is 75.3 Å². The number of benzene rings is 1. The highest BCUT2D eigenvalue weighted by Crippen LogP contribution is 2.47. The summed E-state index contributed by atoms with van der Waals surface area (Å²) in [7, 11) is 3.43. The third-order valence-corrected chi connectivity index (χ3v) is 6.67. The summed E-state index contributed by atoms with van der Waals surface area (Å²) in [6.07, 6.45) is 0.426. The van der Waals surface area contributed by atoms with E-state index in [-0.39, 0.29) is 12.5 Å². The molecule has 1 amide bonds. The van der Waals surface area contributed by atoms with Gasteiger partial charge in [0.05, 0.1) is 19.3 Å². The second-order valence-corrected chi connectivity index (χ2v) is 8.13. The van der Waals surface area contributed by atoms with Crippen molar-refractivity contribution in [2.45, 2.75) is 53.0 Å². The largest absolute Gasteiger partial charge is 0.513 e. The minimum atomic E-state index is -0.777. The molecule has 0 bridgehead atoms. The van der Waals surface area contributed by atoms with Gasteiger partial charge in [0.1, 0.15) is 5.54 Å². The number of carbonyl (C=O) groups is 2. The van der Waals surface area contributed by atoms with Crippen molar-refractivity contribution in [2.24, 2.45) is 0 Å². The molecule has 0 atom stereocenters. The molecule has 1 fully saturated rings. The fourth-order valence-corrected chi connectivity index (χ4v) is 4.71. The van der Waals surface area contributed by atoms with Crippen molar-refractivity contribution < 1.29 is 23.9 Å². The van der Waals surface area contributed by atoms with Gasteiger partial charge in [0.15, 0.2) is 5.76 Å². The summed E-state index contributed by atoms with van der Waals surface area (Å²) in [5.41, 5.74) is 4.93. The normalized spacial score (nSPS) is 19.0. The van der Waals surface area contributed by atoms with E-state index in [1.807, 2.05) is 18.9 Å². The molecular weight excluding hydrogens is 384 g/mol. The number of ether oxygens (including phenoxy) is 2. The van der Waals surface area contributed by atoms with Crippen molar-refractivity contribution in [1.29, 1.82) is 0 Å². The highest BCUT2D eigenvalue weighted by molar-refractivity contribution is 6.24. The maximum Gasteiger partial charge on any atom is 0.513 e. The Morgan fingerprint density at radius 2 is 1.73 bits per heavy atom. The van der Waals surface area contributed by atoms with Gasteiger partial charge in [-0.25, -0.2) is 4.79 Å². The van der Waals surface area contributed by atoms with E-state index in [1.54, 1.807) is 26.0 Å². The molecule has 7 heteroatoms. The van der Waals surface area contributed by atoms with Crippen molar-refractivity contribution in [1.82, 2.24) is 9.96 Å². The van der Waals surface area contributed by atoms with Crippen LogP contribution in [0.4, 0.5) is 4.79 Å². The summed E-state index contributed by atoms with van der Waals surface area (Å²) in [4.78, 5) is 33.1. The fraction of sp³-hybridized carbons (Fsp3) is 0.565. The predicted octanol–water partition coefficient (Wildman–Crippen LogP) is 3.67. The van der Waals surface area contributed by atoms with Crippen LogP contribution in [-0.4, -0.2) is 61.4 Å². The summed E-state index contributed by atoms with van der Waals surface area (Å²) in [6, 6.07) is 2.08. The third-order valence-electron chi connectivity index (χ3n) is 6.67. The number of aryl methyl sites for hydroxylation is 2. The number of piperidine rings is 1. The minimum absolute atomic E-state index is 0.130. The maximum atomic E-state index is 13.6. The van der Waals surface area contributed by atoms with Crippen molar-refractivity contribution >= 4 is 17.6 Å². The van der Waals surface area contributed by atoms with Gasteiger partial charge in [0.25, 0.3) is 5.91 Å². The van der Waals surface area contributed by atoms with E-state index in [0.717, 1.165) is 22.3 Å². The van der Waals surface area contributed by atoms with E-state index < -0.39 is 11.7 Å². The van der Waals surface area contributed by atoms with Gasteiger partial charge in [-0.15, -0.1) is 0 Å². The van der Waals surface area contributed by atoms with Crippen LogP contribution in [0.5, 0.6) is 0 Å². The zero-order valence-electron chi connectivity index (χ0n) is 19.0. The van der Waals surface area contributed by atoms with Gasteiger partial charge < -0.3 is 19.2 Å². The van der Waals surface area contributed by atoms with E-state index >= 15 is 0 Å². The number of nitrogens with zero attached hydrogens (tertiary/aromatic N) is 2. The van der Waals surface area contributed by atoms with Crippen molar-refractivity contribution in [2.75, 3.05) is 33.9 Å². The minimum Gasteiger partial charge on any atom is -0.434 e. The second kappa shape index (κ2) is 8.40. The van der Waals surface area contributed by atoms with Crippen LogP contribution in [0.15, 0.2) is 11.8 Å². The molecule has 1 aromatic carbocycles. The fourth-order valence-electron chi connectivity index (χ4n) is 4.71. The Hall–Kier alpha value is -2.38. The molecule has 0 saturated carbocycles. The lowest BCUT2D eigenvalue weighted by molar-refractivity contribution is -0.162. The molecule has 0 unspecified atom stereocenters. The highest BCUT2D eigenvalue weighted by atomic mass is 16.7. The number of rotatable bonds is 4. The SMILES string of the molecule is CCOC(=O)OC1=C(c2c(C)cc(C)c(C)c2C)C(=O)N(C)C12CCN(OC)CC2. The molecule has 7 nitrogen and oxygen atoms in total. The Balaban J connectivity index is 2.22. The van der Waals surface area contributed by atoms with Crippen LogP contribution < -0.4 is 0 Å². The molecule has 2 heterocycles. The molecule has 0 radical (unpaired) electrons. The Bertz CT molecular complexity index is 897. The van der Waals surface area contributed by atoms with Crippen molar-refractivity contribution in [3.05, 3.63) is 39.6 Å². The average Bonchev–Trinajstić information content (AvgIpc) is 2.90. The molecule has 164 valence electrons. The molecule has 2 aliphatic heterocycles. The molecule has 3 rings (SSSR count). The van der Waals surface area contributed by atoms with Crippen LogP contribution in [0.1, 0.15) is 47.6 Å². The van der Waals surface area contributed by atoms with Gasteiger partial charge in [0.2, 0.25) is 0 Å². The Morgan fingerprint density at radius 3 is 2.30 bits per heavy atom.